The maximum absolute atomic E-state index is 6.30. The third-order valence-electron chi connectivity index (χ3n) is 4.09. The van der Waals surface area contributed by atoms with E-state index < -0.39 is 0 Å². The molecule has 3 heterocycles. The van der Waals surface area contributed by atoms with E-state index in [0.29, 0.717) is 17.1 Å². The average Bonchev–Trinajstić information content (AvgIpc) is 3.01. The van der Waals surface area contributed by atoms with E-state index in [4.69, 9.17) is 22.1 Å². The second-order valence-electron chi connectivity index (χ2n) is 5.12. The van der Waals surface area contributed by atoms with Gasteiger partial charge in [0.1, 0.15) is 0 Å². The van der Waals surface area contributed by atoms with Gasteiger partial charge in [-0.3, -0.25) is 0 Å². The highest BCUT2D eigenvalue weighted by Crippen LogP contribution is 2.44. The van der Waals surface area contributed by atoms with E-state index in [1.807, 2.05) is 18.2 Å². The maximum atomic E-state index is 6.30. The molecular formula is C13H14ClN3O. The Morgan fingerprint density at radius 3 is 3.00 bits per heavy atom. The summed E-state index contributed by atoms with van der Waals surface area (Å²) in [6.45, 7) is 0. The average molecular weight is 264 g/mol. The SMILES string of the molecule is Nc1nc2cccc(Cl)c2n1C1CC2CCC1O2. The third kappa shape index (κ3) is 1.33. The van der Waals surface area contributed by atoms with Crippen molar-refractivity contribution in [2.45, 2.75) is 37.5 Å². The first-order valence-corrected chi connectivity index (χ1v) is 6.69. The first-order chi connectivity index (χ1) is 8.74. The Balaban J connectivity index is 1.92. The van der Waals surface area contributed by atoms with Crippen molar-refractivity contribution in [1.82, 2.24) is 9.55 Å². The van der Waals surface area contributed by atoms with Crippen LogP contribution in [-0.2, 0) is 4.74 Å². The van der Waals surface area contributed by atoms with E-state index in [-0.39, 0.29) is 12.1 Å². The minimum Gasteiger partial charge on any atom is -0.373 e. The number of hydrogen-bond donors (Lipinski definition) is 1. The number of anilines is 1. The molecule has 0 saturated carbocycles. The molecule has 0 radical (unpaired) electrons. The van der Waals surface area contributed by atoms with Gasteiger partial charge in [0.15, 0.2) is 0 Å². The fraction of sp³-hybridized carbons (Fsp3) is 0.462. The predicted molar refractivity (Wildman–Crippen MR) is 70.7 cm³/mol. The fourth-order valence-electron chi connectivity index (χ4n) is 3.34. The molecule has 3 unspecified atom stereocenters. The zero-order chi connectivity index (χ0) is 12.3. The molecule has 0 amide bonds. The van der Waals surface area contributed by atoms with Gasteiger partial charge in [-0.05, 0) is 31.4 Å². The highest BCUT2D eigenvalue weighted by molar-refractivity contribution is 6.35. The summed E-state index contributed by atoms with van der Waals surface area (Å²) in [6, 6.07) is 6.02. The van der Waals surface area contributed by atoms with Crippen LogP contribution in [0, 0.1) is 0 Å². The number of halogens is 1. The maximum Gasteiger partial charge on any atom is 0.201 e. The minimum atomic E-state index is 0.269. The van der Waals surface area contributed by atoms with E-state index in [2.05, 4.69) is 9.55 Å². The lowest BCUT2D eigenvalue weighted by Gasteiger charge is -2.22. The van der Waals surface area contributed by atoms with Crippen LogP contribution in [-0.4, -0.2) is 21.8 Å². The lowest BCUT2D eigenvalue weighted by atomic mass is 9.95. The van der Waals surface area contributed by atoms with Crippen LogP contribution in [0.2, 0.25) is 5.02 Å². The van der Waals surface area contributed by atoms with Crippen LogP contribution in [0.5, 0.6) is 0 Å². The van der Waals surface area contributed by atoms with Crippen molar-refractivity contribution in [3.05, 3.63) is 23.2 Å². The molecule has 2 saturated heterocycles. The summed E-state index contributed by atoms with van der Waals surface area (Å²) in [5.41, 5.74) is 7.88. The van der Waals surface area contributed by atoms with Crippen molar-refractivity contribution in [1.29, 1.82) is 0 Å². The molecular weight excluding hydrogens is 250 g/mol. The molecule has 2 aliphatic rings. The fourth-order valence-corrected chi connectivity index (χ4v) is 3.60. The number of para-hydroxylation sites is 1. The summed E-state index contributed by atoms with van der Waals surface area (Å²) >= 11 is 6.30. The van der Waals surface area contributed by atoms with Crippen molar-refractivity contribution in [3.63, 3.8) is 0 Å². The monoisotopic (exact) mass is 263 g/mol. The molecule has 2 fully saturated rings. The molecule has 2 aromatic rings. The highest BCUT2D eigenvalue weighted by atomic mass is 35.5. The molecule has 4 nitrogen and oxygen atoms in total. The number of nitrogen functional groups attached to an aromatic ring is 1. The Bertz CT molecular complexity index is 624. The standard InChI is InChI=1S/C13H14ClN3O/c14-8-2-1-3-9-12(8)17(13(15)16-9)10-6-7-4-5-11(10)18-7/h1-3,7,10-11H,4-6H2,(H2,15,16). The van der Waals surface area contributed by atoms with Gasteiger partial charge in [0.05, 0.1) is 34.3 Å². The Morgan fingerprint density at radius 1 is 1.39 bits per heavy atom. The van der Waals surface area contributed by atoms with Gasteiger partial charge in [0.25, 0.3) is 0 Å². The quantitative estimate of drug-likeness (QED) is 0.861. The lowest BCUT2D eigenvalue weighted by Crippen LogP contribution is -2.22. The van der Waals surface area contributed by atoms with E-state index in [1.54, 1.807) is 0 Å². The minimum absolute atomic E-state index is 0.269. The molecule has 0 spiro atoms. The van der Waals surface area contributed by atoms with Crippen LogP contribution in [0.3, 0.4) is 0 Å². The molecule has 18 heavy (non-hydrogen) atoms. The van der Waals surface area contributed by atoms with Crippen LogP contribution in [0.15, 0.2) is 18.2 Å². The van der Waals surface area contributed by atoms with Crippen LogP contribution in [0.1, 0.15) is 25.3 Å². The number of aromatic nitrogens is 2. The zero-order valence-corrected chi connectivity index (χ0v) is 10.6. The Hall–Kier alpha value is -1.26. The van der Waals surface area contributed by atoms with Gasteiger partial charge < -0.3 is 15.0 Å². The summed E-state index contributed by atoms with van der Waals surface area (Å²) in [4.78, 5) is 4.40. The highest BCUT2D eigenvalue weighted by Gasteiger charge is 2.43. The second-order valence-corrected chi connectivity index (χ2v) is 5.53. The van der Waals surface area contributed by atoms with Gasteiger partial charge in [-0.15, -0.1) is 0 Å². The topological polar surface area (TPSA) is 53.1 Å². The Labute approximate surface area is 110 Å². The van der Waals surface area contributed by atoms with Gasteiger partial charge in [0, 0.05) is 0 Å². The van der Waals surface area contributed by atoms with Crippen molar-refractivity contribution in [2.75, 3.05) is 5.73 Å². The first kappa shape index (κ1) is 10.6. The summed E-state index contributed by atoms with van der Waals surface area (Å²) in [7, 11) is 0. The summed E-state index contributed by atoms with van der Waals surface area (Å²) in [6.07, 6.45) is 3.96. The summed E-state index contributed by atoms with van der Waals surface area (Å²) in [5.74, 6) is 0.541. The van der Waals surface area contributed by atoms with Crippen LogP contribution in [0.4, 0.5) is 5.95 Å². The number of fused-ring (bicyclic) bond motifs is 3. The molecule has 2 bridgehead atoms. The van der Waals surface area contributed by atoms with Gasteiger partial charge >= 0.3 is 0 Å². The number of ether oxygens (including phenoxy) is 1. The summed E-state index contributed by atoms with van der Waals surface area (Å²) < 4.78 is 7.98. The molecule has 1 aromatic carbocycles. The number of rotatable bonds is 1. The van der Waals surface area contributed by atoms with Crippen molar-refractivity contribution >= 4 is 28.6 Å². The van der Waals surface area contributed by atoms with E-state index in [1.165, 1.54) is 6.42 Å². The molecule has 5 heteroatoms. The number of imidazole rings is 1. The van der Waals surface area contributed by atoms with E-state index >= 15 is 0 Å². The molecule has 4 rings (SSSR count). The molecule has 2 N–H and O–H groups in total. The van der Waals surface area contributed by atoms with Crippen LogP contribution >= 0.6 is 11.6 Å². The number of benzene rings is 1. The predicted octanol–water partition coefficient (Wildman–Crippen LogP) is 2.76. The van der Waals surface area contributed by atoms with Crippen molar-refractivity contribution in [2.24, 2.45) is 0 Å². The van der Waals surface area contributed by atoms with Crippen LogP contribution < -0.4 is 5.73 Å². The molecule has 3 atom stereocenters. The lowest BCUT2D eigenvalue weighted by molar-refractivity contribution is 0.0945. The molecule has 1 aromatic heterocycles. The van der Waals surface area contributed by atoms with E-state index in [9.17, 15) is 0 Å². The largest absolute Gasteiger partial charge is 0.373 e. The molecule has 94 valence electrons. The van der Waals surface area contributed by atoms with E-state index in [0.717, 1.165) is 23.9 Å². The van der Waals surface area contributed by atoms with Gasteiger partial charge in [-0.25, -0.2) is 4.98 Å². The Kier molecular flexibility index (Phi) is 2.14. The Morgan fingerprint density at radius 2 is 2.28 bits per heavy atom. The zero-order valence-electron chi connectivity index (χ0n) is 9.84. The van der Waals surface area contributed by atoms with Gasteiger partial charge in [-0.1, -0.05) is 17.7 Å². The normalized spacial score (nSPS) is 30.4. The molecule has 0 aliphatic carbocycles. The summed E-state index contributed by atoms with van der Waals surface area (Å²) in [5, 5.41) is 0.708. The number of nitrogens with two attached hydrogens (primary N) is 1. The second kappa shape index (κ2) is 3.62. The van der Waals surface area contributed by atoms with Crippen molar-refractivity contribution in [3.8, 4) is 0 Å². The number of nitrogens with zero attached hydrogens (tertiary/aromatic N) is 2. The molecule has 2 aliphatic heterocycles. The van der Waals surface area contributed by atoms with Crippen molar-refractivity contribution < 1.29 is 4.74 Å². The first-order valence-electron chi connectivity index (χ1n) is 6.31. The van der Waals surface area contributed by atoms with Crippen LogP contribution in [0.25, 0.3) is 11.0 Å². The third-order valence-corrected chi connectivity index (χ3v) is 4.40. The van der Waals surface area contributed by atoms with Gasteiger partial charge in [-0.2, -0.15) is 0 Å². The smallest absolute Gasteiger partial charge is 0.201 e. The number of hydrogen-bond acceptors (Lipinski definition) is 3. The van der Waals surface area contributed by atoms with Gasteiger partial charge in [0.2, 0.25) is 5.95 Å².